The van der Waals surface area contributed by atoms with Gasteiger partial charge in [0.2, 0.25) is 5.91 Å². The molecule has 11 heteroatoms. The molecule has 34 heavy (non-hydrogen) atoms. The SMILES string of the molecule is CC1(C(=O)NCCN2C(=O)C=CC2=O)CC/C=C/C(OC(=O)NCCN2C(=O)C=CC2=O)CC1. The maximum atomic E-state index is 12.8. The summed E-state index contributed by atoms with van der Waals surface area (Å²) in [6.45, 7) is 2.20. The van der Waals surface area contributed by atoms with Gasteiger partial charge in [-0.2, -0.15) is 0 Å². The van der Waals surface area contributed by atoms with Crippen molar-refractivity contribution < 1.29 is 33.5 Å². The van der Waals surface area contributed by atoms with E-state index in [0.717, 1.165) is 9.80 Å². The van der Waals surface area contributed by atoms with E-state index in [0.29, 0.717) is 25.7 Å². The van der Waals surface area contributed by atoms with E-state index in [4.69, 9.17) is 4.74 Å². The number of nitrogens with one attached hydrogen (secondary N) is 2. The van der Waals surface area contributed by atoms with Crippen LogP contribution < -0.4 is 10.6 Å². The van der Waals surface area contributed by atoms with Crippen molar-refractivity contribution in [3.8, 4) is 0 Å². The highest BCUT2D eigenvalue weighted by atomic mass is 16.6. The van der Waals surface area contributed by atoms with Crippen LogP contribution in [-0.2, 0) is 28.7 Å². The average Bonchev–Trinajstić information content (AvgIpc) is 3.28. The molecule has 0 aromatic heterocycles. The van der Waals surface area contributed by atoms with Crippen LogP contribution in [0.2, 0.25) is 0 Å². The lowest BCUT2D eigenvalue weighted by Crippen LogP contribution is -2.44. The first kappa shape index (κ1) is 24.9. The first-order valence-electron chi connectivity index (χ1n) is 11.2. The number of amides is 6. The van der Waals surface area contributed by atoms with Crippen LogP contribution in [-0.4, -0.2) is 77.7 Å². The largest absolute Gasteiger partial charge is 0.442 e. The Hall–Kier alpha value is -3.76. The van der Waals surface area contributed by atoms with Gasteiger partial charge in [-0.1, -0.05) is 13.0 Å². The molecule has 0 aromatic rings. The summed E-state index contributed by atoms with van der Waals surface area (Å²) in [5, 5.41) is 5.33. The van der Waals surface area contributed by atoms with Crippen molar-refractivity contribution in [2.75, 3.05) is 26.2 Å². The van der Waals surface area contributed by atoms with Gasteiger partial charge in [-0.05, 0) is 31.8 Å². The molecule has 182 valence electrons. The topological polar surface area (TPSA) is 142 Å². The number of hydrogen-bond donors (Lipinski definition) is 2. The molecule has 0 aromatic carbocycles. The average molecular weight is 472 g/mol. The van der Waals surface area contributed by atoms with Gasteiger partial charge in [0.1, 0.15) is 6.10 Å². The van der Waals surface area contributed by atoms with E-state index in [1.54, 1.807) is 6.08 Å². The highest BCUT2D eigenvalue weighted by Gasteiger charge is 2.34. The minimum absolute atomic E-state index is 0.0448. The van der Waals surface area contributed by atoms with E-state index in [9.17, 15) is 28.8 Å². The normalized spacial score (nSPS) is 25.4. The lowest BCUT2D eigenvalue weighted by atomic mass is 9.78. The predicted molar refractivity (Wildman–Crippen MR) is 119 cm³/mol. The summed E-state index contributed by atoms with van der Waals surface area (Å²) in [5.41, 5.74) is -0.705. The zero-order chi connectivity index (χ0) is 24.7. The maximum absolute atomic E-state index is 12.8. The Morgan fingerprint density at radius 2 is 1.44 bits per heavy atom. The molecule has 0 spiro atoms. The van der Waals surface area contributed by atoms with E-state index >= 15 is 0 Å². The maximum Gasteiger partial charge on any atom is 0.407 e. The summed E-state index contributed by atoms with van der Waals surface area (Å²) in [5.74, 6) is -1.82. The van der Waals surface area contributed by atoms with Crippen molar-refractivity contribution in [3.05, 3.63) is 36.5 Å². The number of alkyl carbamates (subject to hydrolysis) is 1. The molecule has 2 N–H and O–H groups in total. The minimum atomic E-state index is -0.705. The van der Waals surface area contributed by atoms with Gasteiger partial charge in [-0.15, -0.1) is 0 Å². The molecule has 3 rings (SSSR count). The molecule has 2 atom stereocenters. The van der Waals surface area contributed by atoms with Gasteiger partial charge in [0.25, 0.3) is 23.6 Å². The molecule has 1 aliphatic carbocycles. The Kier molecular flexibility index (Phi) is 7.98. The lowest BCUT2D eigenvalue weighted by molar-refractivity contribution is -0.138. The molecule has 0 saturated heterocycles. The Labute approximate surface area is 196 Å². The van der Waals surface area contributed by atoms with Crippen molar-refractivity contribution in [3.63, 3.8) is 0 Å². The van der Waals surface area contributed by atoms with Crippen molar-refractivity contribution in [2.24, 2.45) is 5.41 Å². The Morgan fingerprint density at radius 3 is 2.00 bits per heavy atom. The molecule has 3 aliphatic rings. The van der Waals surface area contributed by atoms with Gasteiger partial charge < -0.3 is 15.4 Å². The highest BCUT2D eigenvalue weighted by Crippen LogP contribution is 2.33. The number of rotatable bonds is 8. The van der Waals surface area contributed by atoms with Crippen LogP contribution in [0.3, 0.4) is 0 Å². The third-order valence-corrected chi connectivity index (χ3v) is 6.03. The summed E-state index contributed by atoms with van der Waals surface area (Å²) in [4.78, 5) is 73.3. The number of allylic oxidation sites excluding steroid dienone is 1. The second-order valence-electron chi connectivity index (χ2n) is 8.52. The molecule has 2 unspecified atom stereocenters. The standard InChI is InChI=1S/C23H28N4O7/c1-23(21(32)24-12-14-26-17(28)5-6-18(26)29)10-3-2-4-16(9-11-23)34-22(33)25-13-15-27-19(30)7-8-20(27)31/h2,4-8,16H,3,9-15H2,1H3,(H,24,32)(H,25,33)/b4-2+. The molecule has 2 aliphatic heterocycles. The smallest absolute Gasteiger partial charge is 0.407 e. The van der Waals surface area contributed by atoms with E-state index in [1.165, 1.54) is 24.3 Å². The van der Waals surface area contributed by atoms with Crippen LogP contribution in [0.5, 0.6) is 0 Å². The summed E-state index contributed by atoms with van der Waals surface area (Å²) >= 11 is 0. The number of ether oxygens (including phenoxy) is 1. The molecule has 0 saturated carbocycles. The fourth-order valence-electron chi connectivity index (χ4n) is 3.90. The van der Waals surface area contributed by atoms with Gasteiger partial charge in [0.15, 0.2) is 0 Å². The third kappa shape index (κ3) is 6.18. The number of imide groups is 2. The van der Waals surface area contributed by atoms with Gasteiger partial charge >= 0.3 is 6.09 Å². The molecular weight excluding hydrogens is 444 g/mol. The quantitative estimate of drug-likeness (QED) is 0.379. The first-order valence-corrected chi connectivity index (χ1v) is 11.2. The van der Waals surface area contributed by atoms with Crippen LogP contribution in [0, 0.1) is 5.41 Å². The van der Waals surface area contributed by atoms with E-state index in [-0.39, 0.29) is 32.1 Å². The highest BCUT2D eigenvalue weighted by molar-refractivity contribution is 6.13. The first-order chi connectivity index (χ1) is 16.2. The van der Waals surface area contributed by atoms with Crippen LogP contribution in [0.1, 0.15) is 32.6 Å². The second-order valence-corrected chi connectivity index (χ2v) is 8.52. The van der Waals surface area contributed by atoms with Crippen molar-refractivity contribution in [1.29, 1.82) is 0 Å². The van der Waals surface area contributed by atoms with Crippen LogP contribution in [0.25, 0.3) is 0 Å². The predicted octanol–water partition coefficient (Wildman–Crippen LogP) is 0.184. The number of carbonyl (C=O) groups excluding carboxylic acids is 6. The van der Waals surface area contributed by atoms with Crippen molar-refractivity contribution >= 4 is 35.6 Å². The number of hydrogen-bond acceptors (Lipinski definition) is 7. The molecule has 11 nitrogen and oxygen atoms in total. The molecule has 6 amide bonds. The van der Waals surface area contributed by atoms with E-state index in [2.05, 4.69) is 10.6 Å². The van der Waals surface area contributed by atoms with Crippen LogP contribution >= 0.6 is 0 Å². The molecule has 0 fully saturated rings. The van der Waals surface area contributed by atoms with Crippen LogP contribution in [0.15, 0.2) is 36.5 Å². The van der Waals surface area contributed by atoms with E-state index < -0.39 is 41.2 Å². The fourth-order valence-corrected chi connectivity index (χ4v) is 3.90. The van der Waals surface area contributed by atoms with Crippen LogP contribution in [0.4, 0.5) is 4.79 Å². The molecule has 0 bridgehead atoms. The zero-order valence-electron chi connectivity index (χ0n) is 19.0. The summed E-state index contributed by atoms with van der Waals surface area (Å²) in [6, 6.07) is 0. The monoisotopic (exact) mass is 472 g/mol. The van der Waals surface area contributed by atoms with Gasteiger partial charge in [-0.25, -0.2) is 4.79 Å². The fraction of sp³-hybridized carbons (Fsp3) is 0.478. The van der Waals surface area contributed by atoms with Gasteiger partial charge in [0.05, 0.1) is 0 Å². The Balaban J connectivity index is 1.42. The molecular formula is C23H28N4O7. The summed E-state index contributed by atoms with van der Waals surface area (Å²) in [6.07, 6.45) is 9.30. The third-order valence-electron chi connectivity index (χ3n) is 6.03. The van der Waals surface area contributed by atoms with Crippen molar-refractivity contribution in [1.82, 2.24) is 20.4 Å². The molecule has 0 radical (unpaired) electrons. The lowest BCUT2D eigenvalue weighted by Gasteiger charge is -2.31. The number of nitrogens with zero attached hydrogens (tertiary/aromatic N) is 2. The second kappa shape index (κ2) is 10.9. The Morgan fingerprint density at radius 1 is 0.912 bits per heavy atom. The zero-order valence-corrected chi connectivity index (χ0v) is 19.0. The van der Waals surface area contributed by atoms with Gasteiger partial charge in [0, 0.05) is 55.9 Å². The van der Waals surface area contributed by atoms with Gasteiger partial charge in [-0.3, -0.25) is 33.8 Å². The minimum Gasteiger partial charge on any atom is -0.442 e. The van der Waals surface area contributed by atoms with Crippen molar-refractivity contribution in [2.45, 2.75) is 38.7 Å². The summed E-state index contributed by atoms with van der Waals surface area (Å²) < 4.78 is 5.43. The van der Waals surface area contributed by atoms with E-state index in [1.807, 2.05) is 13.0 Å². The summed E-state index contributed by atoms with van der Waals surface area (Å²) in [7, 11) is 0. The molecule has 2 heterocycles. The number of carbonyl (C=O) groups is 6. The Bertz CT molecular complexity index is 934.